The van der Waals surface area contributed by atoms with E-state index in [1.165, 1.54) is 29.7 Å². The Morgan fingerprint density at radius 2 is 1.76 bits per heavy atom. The summed E-state index contributed by atoms with van der Waals surface area (Å²) in [6.07, 6.45) is 1.66. The number of rotatable bonds is 12. The number of ether oxygens (including phenoxy) is 3. The molecule has 1 saturated heterocycles. The maximum Gasteiger partial charge on any atom is 0.265 e. The summed E-state index contributed by atoms with van der Waals surface area (Å²) in [6.45, 7) is 6.41. The summed E-state index contributed by atoms with van der Waals surface area (Å²) in [7, 11) is -4.08. The van der Waals surface area contributed by atoms with Crippen LogP contribution in [0.3, 0.4) is 0 Å². The van der Waals surface area contributed by atoms with Crippen LogP contribution < -0.4 is 15.0 Å². The Kier molecular flexibility index (Phi) is 9.69. The van der Waals surface area contributed by atoms with Gasteiger partial charge in [0.25, 0.3) is 5.91 Å². The first-order chi connectivity index (χ1) is 17.6. The molecule has 0 radical (unpaired) electrons. The molecular formula is C27H35NO8S. The molecule has 10 heteroatoms. The lowest BCUT2D eigenvalue weighted by atomic mass is 9.98. The van der Waals surface area contributed by atoms with Crippen LogP contribution >= 0.6 is 0 Å². The van der Waals surface area contributed by atoms with Gasteiger partial charge in [0.05, 0.1) is 17.6 Å². The second-order valence-corrected chi connectivity index (χ2v) is 11.7. The molecule has 2 N–H and O–H groups in total. The van der Waals surface area contributed by atoms with Crippen LogP contribution in [0.25, 0.3) is 0 Å². The first-order valence-electron chi connectivity index (χ1n) is 12.4. The highest BCUT2D eigenvalue weighted by Crippen LogP contribution is 2.35. The fourth-order valence-corrected chi connectivity index (χ4v) is 6.23. The van der Waals surface area contributed by atoms with Gasteiger partial charge < -0.3 is 14.2 Å². The average molecular weight is 534 g/mol. The Morgan fingerprint density at radius 3 is 2.35 bits per heavy atom. The van der Waals surface area contributed by atoms with E-state index in [4.69, 9.17) is 19.4 Å². The normalized spacial score (nSPS) is 15.3. The Morgan fingerprint density at radius 1 is 1.08 bits per heavy atom. The minimum Gasteiger partial charge on any atom is -0.494 e. The number of carbonyl (C=O) groups is 2. The smallest absolute Gasteiger partial charge is 0.265 e. The fourth-order valence-electron chi connectivity index (χ4n) is 4.29. The third kappa shape index (κ3) is 6.68. The van der Waals surface area contributed by atoms with Crippen molar-refractivity contribution < 1.29 is 37.4 Å². The van der Waals surface area contributed by atoms with Gasteiger partial charge >= 0.3 is 0 Å². The lowest BCUT2D eigenvalue weighted by molar-refractivity contribution is -0.134. The number of aryl methyl sites for hydroxylation is 1. The average Bonchev–Trinajstić information content (AvgIpc) is 2.89. The third-order valence-corrected chi connectivity index (χ3v) is 8.91. The highest BCUT2D eigenvalue weighted by atomic mass is 32.2. The van der Waals surface area contributed by atoms with Crippen molar-refractivity contribution in [3.05, 3.63) is 53.6 Å². The number of amides is 1. The van der Waals surface area contributed by atoms with Crippen molar-refractivity contribution in [2.45, 2.75) is 68.6 Å². The van der Waals surface area contributed by atoms with Crippen LogP contribution in [0, 0.1) is 6.92 Å². The van der Waals surface area contributed by atoms with Crippen molar-refractivity contribution in [2.75, 3.05) is 19.8 Å². The number of hydrogen-bond donors (Lipinski definition) is 2. The van der Waals surface area contributed by atoms with E-state index in [1.54, 1.807) is 6.07 Å². The maximum atomic E-state index is 13.3. The van der Waals surface area contributed by atoms with Gasteiger partial charge in [-0.1, -0.05) is 0 Å². The molecule has 1 heterocycles. The van der Waals surface area contributed by atoms with Crippen LogP contribution in [0.4, 0.5) is 0 Å². The van der Waals surface area contributed by atoms with Gasteiger partial charge in [-0.25, -0.2) is 13.9 Å². The molecule has 2 aromatic carbocycles. The van der Waals surface area contributed by atoms with E-state index in [1.807, 2.05) is 32.9 Å². The van der Waals surface area contributed by atoms with E-state index in [0.717, 1.165) is 11.3 Å². The predicted molar refractivity (Wildman–Crippen MR) is 137 cm³/mol. The molecule has 0 unspecified atom stereocenters. The molecule has 0 aliphatic carbocycles. The molecule has 1 fully saturated rings. The first kappa shape index (κ1) is 28.6. The molecule has 37 heavy (non-hydrogen) atoms. The lowest BCUT2D eigenvalue weighted by Crippen LogP contribution is -2.54. The van der Waals surface area contributed by atoms with E-state index >= 15 is 0 Å². The van der Waals surface area contributed by atoms with Gasteiger partial charge in [-0.3, -0.25) is 14.8 Å². The molecule has 2 aromatic rings. The lowest BCUT2D eigenvalue weighted by Gasteiger charge is -2.34. The number of nitrogens with one attached hydrogen (secondary N) is 1. The molecule has 0 bridgehead atoms. The molecule has 0 atom stereocenters. The van der Waals surface area contributed by atoms with Gasteiger partial charge in [-0.2, -0.15) is 0 Å². The number of sulfone groups is 1. The summed E-state index contributed by atoms with van der Waals surface area (Å²) >= 11 is 0. The van der Waals surface area contributed by atoms with E-state index < -0.39 is 20.5 Å². The number of hydrogen-bond acceptors (Lipinski definition) is 8. The Hall–Kier alpha value is -2.95. The second kappa shape index (κ2) is 12.5. The predicted octanol–water partition coefficient (Wildman–Crippen LogP) is 4.04. The van der Waals surface area contributed by atoms with Gasteiger partial charge in [-0.05, 0) is 94.5 Å². The summed E-state index contributed by atoms with van der Waals surface area (Å²) < 4.78 is 41.4. The number of Topliss-reactive ketones (excluding diaryl/α,β-unsaturated/α-hetero) is 1. The van der Waals surface area contributed by atoms with Crippen molar-refractivity contribution in [2.24, 2.45) is 0 Å². The molecule has 0 aromatic heterocycles. The van der Waals surface area contributed by atoms with Gasteiger partial charge in [0, 0.05) is 25.2 Å². The third-order valence-electron chi connectivity index (χ3n) is 6.39. The molecule has 3 rings (SSSR count). The molecule has 9 nitrogen and oxygen atoms in total. The zero-order chi connectivity index (χ0) is 27.1. The number of unbranched alkanes of at least 4 members (excludes halogenated alkanes) is 1. The highest BCUT2D eigenvalue weighted by molar-refractivity contribution is 7.93. The van der Waals surface area contributed by atoms with Crippen LogP contribution in [-0.2, 0) is 19.4 Å². The Labute approximate surface area is 218 Å². The van der Waals surface area contributed by atoms with E-state index in [9.17, 15) is 18.0 Å². The molecule has 1 amide bonds. The van der Waals surface area contributed by atoms with Crippen molar-refractivity contribution in [1.29, 1.82) is 0 Å². The summed E-state index contributed by atoms with van der Waals surface area (Å²) in [4.78, 5) is 24.8. The molecule has 1 aliphatic rings. The van der Waals surface area contributed by atoms with E-state index in [2.05, 4.69) is 0 Å². The van der Waals surface area contributed by atoms with Crippen LogP contribution in [0.2, 0.25) is 0 Å². The van der Waals surface area contributed by atoms with Crippen LogP contribution in [0.15, 0.2) is 47.4 Å². The SMILES string of the molecule is Cc1cc(C(=O)CCCCOc2ccc(S(=O)(=O)C3(C(=O)NO)CCOCC3)cc2)ccc1OC(C)C. The number of ketones is 1. The minimum absolute atomic E-state index is 0.0314. The zero-order valence-electron chi connectivity index (χ0n) is 21.5. The highest BCUT2D eigenvalue weighted by Gasteiger charge is 2.52. The van der Waals surface area contributed by atoms with Crippen molar-refractivity contribution in [3.8, 4) is 11.5 Å². The summed E-state index contributed by atoms with van der Waals surface area (Å²) in [5, 5.41) is 9.15. The monoisotopic (exact) mass is 533 g/mol. The van der Waals surface area contributed by atoms with Crippen LogP contribution in [0.5, 0.6) is 11.5 Å². The van der Waals surface area contributed by atoms with Gasteiger partial charge in [0.1, 0.15) is 11.5 Å². The quantitative estimate of drug-likeness (QED) is 0.181. The number of benzene rings is 2. The first-order valence-corrected chi connectivity index (χ1v) is 13.9. The molecule has 202 valence electrons. The standard InChI is InChI=1S/C27H35NO8S/c1-19(2)36-25-12-7-21(18-20(25)3)24(29)6-4-5-15-35-22-8-10-23(11-9-22)37(32,33)27(26(30)28-31)13-16-34-17-14-27/h7-12,18-19,31H,4-6,13-17H2,1-3H3,(H,28,30). The number of hydroxylamine groups is 1. The van der Waals surface area contributed by atoms with Crippen LogP contribution in [-0.4, -0.2) is 56.0 Å². The van der Waals surface area contributed by atoms with E-state index in [0.29, 0.717) is 37.2 Å². The van der Waals surface area contributed by atoms with Gasteiger partial charge in [0.15, 0.2) is 20.4 Å². The van der Waals surface area contributed by atoms with E-state index in [-0.39, 0.29) is 42.8 Å². The molecule has 0 spiro atoms. The Bertz CT molecular complexity index is 1190. The maximum absolute atomic E-state index is 13.3. The molecular weight excluding hydrogens is 498 g/mol. The summed E-state index contributed by atoms with van der Waals surface area (Å²) in [5.41, 5.74) is 3.08. The largest absolute Gasteiger partial charge is 0.494 e. The van der Waals surface area contributed by atoms with Gasteiger partial charge in [0.2, 0.25) is 0 Å². The van der Waals surface area contributed by atoms with Gasteiger partial charge in [-0.15, -0.1) is 0 Å². The molecule has 1 aliphatic heterocycles. The minimum atomic E-state index is -4.08. The fraction of sp³-hybridized carbons (Fsp3) is 0.481. The molecule has 0 saturated carbocycles. The van der Waals surface area contributed by atoms with Crippen LogP contribution in [0.1, 0.15) is 61.9 Å². The van der Waals surface area contributed by atoms with Crippen molar-refractivity contribution >= 4 is 21.5 Å². The van der Waals surface area contributed by atoms with Crippen molar-refractivity contribution in [3.63, 3.8) is 0 Å². The summed E-state index contributed by atoms with van der Waals surface area (Å²) in [6, 6.07) is 11.3. The summed E-state index contributed by atoms with van der Waals surface area (Å²) in [5.74, 6) is 0.357. The van der Waals surface area contributed by atoms with Crippen molar-refractivity contribution in [1.82, 2.24) is 5.48 Å². The second-order valence-electron chi connectivity index (χ2n) is 9.40. The topological polar surface area (TPSA) is 128 Å². The Balaban J connectivity index is 1.51. The zero-order valence-corrected chi connectivity index (χ0v) is 22.3. The number of carbonyl (C=O) groups excluding carboxylic acids is 2.